The van der Waals surface area contributed by atoms with E-state index in [1.807, 2.05) is 0 Å². The minimum absolute atomic E-state index is 0.198. The van der Waals surface area contributed by atoms with Crippen LogP contribution in [0.3, 0.4) is 0 Å². The lowest BCUT2D eigenvalue weighted by molar-refractivity contribution is 0.407. The van der Waals surface area contributed by atoms with E-state index in [1.165, 1.54) is 30.3 Å². The molecule has 0 aliphatic carbocycles. The molecule has 0 unspecified atom stereocenters. The van der Waals surface area contributed by atoms with Crippen LogP contribution >= 0.6 is 0 Å². The Morgan fingerprint density at radius 3 is 1.94 bits per heavy atom. The molecule has 2 rings (SSSR count). The molecular weight excluding hydrogens is 241 g/mol. The van der Waals surface area contributed by atoms with Crippen LogP contribution < -0.4 is 10.2 Å². The van der Waals surface area contributed by atoms with Crippen LogP contribution in [0.15, 0.2) is 42.5 Å². The molecule has 2 N–H and O–H groups in total. The second-order valence-electron chi connectivity index (χ2n) is 3.60. The zero-order valence-corrected chi connectivity index (χ0v) is 9.18. The summed E-state index contributed by atoms with van der Waals surface area (Å²) in [5.74, 6) is -1.90. The molecule has 0 aromatic heterocycles. The van der Waals surface area contributed by atoms with Crippen LogP contribution in [-0.2, 0) is 0 Å². The van der Waals surface area contributed by atoms with E-state index in [9.17, 15) is 8.78 Å². The normalized spacial score (nSPS) is 10.2. The van der Waals surface area contributed by atoms with Gasteiger partial charge < -0.3 is 14.8 Å². The second kappa shape index (κ2) is 5.16. The lowest BCUT2D eigenvalue weighted by Gasteiger charge is -2.08. The molecule has 0 bridgehead atoms. The molecule has 2 aromatic rings. The largest absolute Gasteiger partial charge is 0.488 e. The molecule has 2 aromatic carbocycles. The van der Waals surface area contributed by atoms with Crippen molar-refractivity contribution in [3.05, 3.63) is 54.1 Å². The van der Waals surface area contributed by atoms with E-state index in [1.54, 1.807) is 0 Å². The van der Waals surface area contributed by atoms with Gasteiger partial charge in [0, 0.05) is 0 Å². The number of rotatable bonds is 3. The molecule has 0 aliphatic heterocycles. The number of ether oxygens (including phenoxy) is 1. The zero-order chi connectivity index (χ0) is 13.1. The first-order valence-electron chi connectivity index (χ1n) is 5.16. The fourth-order valence-corrected chi connectivity index (χ4v) is 1.41. The summed E-state index contributed by atoms with van der Waals surface area (Å²) in [5.41, 5.74) is 0.261. The van der Waals surface area contributed by atoms with Crippen molar-refractivity contribution < 1.29 is 23.6 Å². The molecule has 92 valence electrons. The first kappa shape index (κ1) is 12.5. The van der Waals surface area contributed by atoms with Crippen LogP contribution in [0.4, 0.5) is 8.78 Å². The van der Waals surface area contributed by atoms with Crippen LogP contribution in [-0.4, -0.2) is 17.2 Å². The third-order valence-corrected chi connectivity index (χ3v) is 2.32. The van der Waals surface area contributed by atoms with Crippen molar-refractivity contribution in [3.8, 4) is 11.5 Å². The molecular formula is C12H9BF2O3. The fraction of sp³-hybridized carbons (Fsp3) is 0. The molecule has 0 saturated heterocycles. The summed E-state index contributed by atoms with van der Waals surface area (Å²) >= 11 is 0. The SMILES string of the molecule is OB(O)c1ccc(Oc2c(F)cccc2F)cc1. The Balaban J connectivity index is 2.24. The van der Waals surface area contributed by atoms with Crippen LogP contribution in [0.1, 0.15) is 0 Å². The predicted octanol–water partition coefficient (Wildman–Crippen LogP) is 1.44. The molecule has 6 heteroatoms. The molecule has 0 heterocycles. The van der Waals surface area contributed by atoms with E-state index < -0.39 is 24.5 Å². The molecule has 0 saturated carbocycles. The Labute approximate surface area is 102 Å². The van der Waals surface area contributed by atoms with Crippen LogP contribution in [0.2, 0.25) is 0 Å². The quantitative estimate of drug-likeness (QED) is 0.810. The first-order valence-corrected chi connectivity index (χ1v) is 5.16. The zero-order valence-electron chi connectivity index (χ0n) is 9.18. The van der Waals surface area contributed by atoms with Crippen molar-refractivity contribution in [3.63, 3.8) is 0 Å². The lowest BCUT2D eigenvalue weighted by Crippen LogP contribution is -2.29. The van der Waals surface area contributed by atoms with Gasteiger partial charge in [-0.3, -0.25) is 0 Å². The van der Waals surface area contributed by atoms with Gasteiger partial charge in [0.25, 0.3) is 0 Å². The fourth-order valence-electron chi connectivity index (χ4n) is 1.41. The second-order valence-corrected chi connectivity index (χ2v) is 3.60. The van der Waals surface area contributed by atoms with E-state index >= 15 is 0 Å². The standard InChI is InChI=1S/C12H9BF2O3/c14-10-2-1-3-11(15)12(10)18-9-6-4-8(5-7-9)13(16)17/h1-7,16-17H. The Kier molecular flexibility index (Phi) is 3.59. The third kappa shape index (κ3) is 2.66. The highest BCUT2D eigenvalue weighted by Gasteiger charge is 2.13. The van der Waals surface area contributed by atoms with E-state index in [4.69, 9.17) is 14.8 Å². The summed E-state index contributed by atoms with van der Waals surface area (Å²) in [5, 5.41) is 17.8. The highest BCUT2D eigenvalue weighted by Crippen LogP contribution is 2.26. The highest BCUT2D eigenvalue weighted by molar-refractivity contribution is 6.58. The van der Waals surface area contributed by atoms with Crippen molar-refractivity contribution >= 4 is 12.6 Å². The van der Waals surface area contributed by atoms with E-state index in [2.05, 4.69) is 0 Å². The van der Waals surface area contributed by atoms with Crippen LogP contribution in [0, 0.1) is 11.6 Å². The Hall–Kier alpha value is -1.92. The maximum atomic E-state index is 13.3. The number of hydrogen-bond acceptors (Lipinski definition) is 3. The average molecular weight is 250 g/mol. The van der Waals surface area contributed by atoms with E-state index in [-0.39, 0.29) is 11.2 Å². The number of halogens is 2. The first-order chi connectivity index (χ1) is 8.58. The summed E-state index contributed by atoms with van der Waals surface area (Å²) in [4.78, 5) is 0. The minimum atomic E-state index is -1.59. The third-order valence-electron chi connectivity index (χ3n) is 2.32. The van der Waals surface area contributed by atoms with Crippen molar-refractivity contribution in [1.82, 2.24) is 0 Å². The van der Waals surface area contributed by atoms with Gasteiger partial charge >= 0.3 is 7.12 Å². The molecule has 0 aliphatic rings. The molecule has 0 spiro atoms. The molecule has 0 amide bonds. The predicted molar refractivity (Wildman–Crippen MR) is 62.7 cm³/mol. The van der Waals surface area contributed by atoms with Gasteiger partial charge in [-0.15, -0.1) is 0 Å². The Bertz CT molecular complexity index is 523. The molecule has 3 nitrogen and oxygen atoms in total. The van der Waals surface area contributed by atoms with Gasteiger partial charge in [0.15, 0.2) is 17.4 Å². The highest BCUT2D eigenvalue weighted by atomic mass is 19.1. The molecule has 0 fully saturated rings. The summed E-state index contributed by atoms with van der Waals surface area (Å²) in [7, 11) is -1.59. The minimum Gasteiger partial charge on any atom is -0.451 e. The lowest BCUT2D eigenvalue weighted by atomic mass is 9.80. The van der Waals surface area contributed by atoms with Crippen molar-refractivity contribution in [1.29, 1.82) is 0 Å². The molecule has 0 atom stereocenters. The maximum Gasteiger partial charge on any atom is 0.488 e. The van der Waals surface area contributed by atoms with Gasteiger partial charge in [-0.2, -0.15) is 0 Å². The molecule has 0 radical (unpaired) electrons. The Morgan fingerprint density at radius 2 is 1.44 bits per heavy atom. The van der Waals surface area contributed by atoms with Crippen molar-refractivity contribution in [2.24, 2.45) is 0 Å². The smallest absolute Gasteiger partial charge is 0.451 e. The van der Waals surface area contributed by atoms with E-state index in [0.717, 1.165) is 12.1 Å². The van der Waals surface area contributed by atoms with Crippen molar-refractivity contribution in [2.45, 2.75) is 0 Å². The summed E-state index contributed by atoms with van der Waals surface area (Å²) in [6, 6.07) is 8.97. The van der Waals surface area contributed by atoms with Gasteiger partial charge in [-0.1, -0.05) is 18.2 Å². The topological polar surface area (TPSA) is 49.7 Å². The van der Waals surface area contributed by atoms with Gasteiger partial charge in [0.2, 0.25) is 0 Å². The number of para-hydroxylation sites is 1. The summed E-state index contributed by atoms with van der Waals surface area (Å²) in [6.45, 7) is 0. The van der Waals surface area contributed by atoms with Crippen LogP contribution in [0.25, 0.3) is 0 Å². The average Bonchev–Trinajstić information content (AvgIpc) is 2.34. The molecule has 18 heavy (non-hydrogen) atoms. The number of hydrogen-bond donors (Lipinski definition) is 2. The monoisotopic (exact) mass is 250 g/mol. The maximum absolute atomic E-state index is 13.3. The number of benzene rings is 2. The summed E-state index contributed by atoms with van der Waals surface area (Å²) in [6.07, 6.45) is 0. The van der Waals surface area contributed by atoms with Gasteiger partial charge in [0.05, 0.1) is 0 Å². The van der Waals surface area contributed by atoms with E-state index in [0.29, 0.717) is 0 Å². The van der Waals surface area contributed by atoms with Gasteiger partial charge in [0.1, 0.15) is 5.75 Å². The van der Waals surface area contributed by atoms with Crippen LogP contribution in [0.5, 0.6) is 11.5 Å². The van der Waals surface area contributed by atoms with Crippen molar-refractivity contribution in [2.75, 3.05) is 0 Å². The summed E-state index contributed by atoms with van der Waals surface area (Å²) < 4.78 is 31.7. The van der Waals surface area contributed by atoms with Gasteiger partial charge in [-0.05, 0) is 29.7 Å². The van der Waals surface area contributed by atoms with Gasteiger partial charge in [-0.25, -0.2) is 8.78 Å². The Morgan fingerprint density at radius 1 is 0.889 bits per heavy atom.